The van der Waals surface area contributed by atoms with Gasteiger partial charge in [-0.3, -0.25) is 24.1 Å². The van der Waals surface area contributed by atoms with Gasteiger partial charge in [-0.1, -0.05) is 97.5 Å². The Morgan fingerprint density at radius 2 is 1.66 bits per heavy atom. The minimum Gasteiger partial charge on any atom is -0.504 e. The number of allylic oxidation sites excluding steroid dienone is 5. The van der Waals surface area contributed by atoms with Gasteiger partial charge in [0, 0.05) is 24.0 Å². The third-order valence-corrected chi connectivity index (χ3v) is 10.7. The van der Waals surface area contributed by atoms with Gasteiger partial charge in [-0.05, 0) is 60.1 Å². The zero-order valence-electron chi connectivity index (χ0n) is 26.5. The number of nitrogens with zero attached hydrogens (tertiary/aromatic N) is 1. The maximum Gasteiger partial charge on any atom is 0.233 e. The number of hydrogen-bond donors (Lipinski definition) is 1. The van der Waals surface area contributed by atoms with Crippen LogP contribution >= 0.6 is 0 Å². The van der Waals surface area contributed by atoms with Crippen molar-refractivity contribution < 1.29 is 29.0 Å². The van der Waals surface area contributed by atoms with E-state index in [1.54, 1.807) is 18.2 Å². The number of carbonyl (C=O) groups excluding carboxylic acids is 4. The molecule has 3 aliphatic carbocycles. The fraction of sp³-hybridized carbons (Fsp3) is 0.300. The fourth-order valence-electron chi connectivity index (χ4n) is 8.64. The Balaban J connectivity index is 1.45. The van der Waals surface area contributed by atoms with Gasteiger partial charge >= 0.3 is 0 Å². The van der Waals surface area contributed by atoms with Crippen molar-refractivity contribution in [3.8, 4) is 11.5 Å². The Morgan fingerprint density at radius 1 is 0.936 bits per heavy atom. The Bertz CT molecular complexity index is 1860. The highest BCUT2D eigenvalue weighted by molar-refractivity contribution is 6.31. The van der Waals surface area contributed by atoms with Crippen molar-refractivity contribution in [2.75, 3.05) is 13.7 Å². The first kappa shape index (κ1) is 30.6. The molecule has 47 heavy (non-hydrogen) atoms. The van der Waals surface area contributed by atoms with E-state index in [1.807, 2.05) is 79.7 Å². The number of amides is 2. The van der Waals surface area contributed by atoms with E-state index in [0.29, 0.717) is 36.3 Å². The number of phenolic OH excluding ortho intramolecular Hbond substituents is 1. The van der Waals surface area contributed by atoms with Crippen molar-refractivity contribution in [1.29, 1.82) is 0 Å². The number of ketones is 2. The third kappa shape index (κ3) is 4.70. The standard InChI is InChI=1S/C40H37NO6/c1-3-20-41-38(45)28-17-16-27-30(36(28)39(41)46)22-32-37(44)29(25-10-6-4-7-11-25)23-35(43)40(32,26-12-8-5-9-13-26)31(27)18-14-24-15-19-33(42)34(21-24)47-2/h4-16,18-19,21,23,28,30-32,36,42H,3,17,20,22H2,1-2H3/t28-,30+,31-,32-,36-,40-/m0/s1. The van der Waals surface area contributed by atoms with Crippen molar-refractivity contribution in [1.82, 2.24) is 4.90 Å². The van der Waals surface area contributed by atoms with Gasteiger partial charge in [-0.25, -0.2) is 0 Å². The summed E-state index contributed by atoms with van der Waals surface area (Å²) < 4.78 is 5.35. The molecule has 0 aromatic heterocycles. The number of fused-ring (bicyclic) bond motifs is 4. The Hall–Kier alpha value is -5.04. The van der Waals surface area contributed by atoms with Crippen LogP contribution < -0.4 is 4.74 Å². The highest BCUT2D eigenvalue weighted by Gasteiger charge is 2.64. The van der Waals surface area contributed by atoms with Crippen LogP contribution in [0.2, 0.25) is 0 Å². The number of Topliss-reactive ketones (excluding diaryl/α,β-unsaturated/α-hetero) is 1. The summed E-state index contributed by atoms with van der Waals surface area (Å²) in [6, 6.07) is 23.8. The molecule has 3 aromatic rings. The van der Waals surface area contributed by atoms with Gasteiger partial charge in [-0.15, -0.1) is 0 Å². The summed E-state index contributed by atoms with van der Waals surface area (Å²) in [4.78, 5) is 58.7. The zero-order chi connectivity index (χ0) is 32.9. The van der Waals surface area contributed by atoms with Gasteiger partial charge in [0.2, 0.25) is 11.8 Å². The number of rotatable bonds is 7. The van der Waals surface area contributed by atoms with Gasteiger partial charge < -0.3 is 9.84 Å². The summed E-state index contributed by atoms with van der Waals surface area (Å²) in [6.07, 6.45) is 8.81. The highest BCUT2D eigenvalue weighted by Crippen LogP contribution is 2.61. The Kier molecular flexibility index (Phi) is 7.79. The molecule has 2 amide bonds. The molecule has 7 heteroatoms. The van der Waals surface area contributed by atoms with Crippen LogP contribution in [0.1, 0.15) is 42.9 Å². The zero-order valence-corrected chi connectivity index (χ0v) is 26.5. The van der Waals surface area contributed by atoms with Crippen LogP contribution in [0.15, 0.2) is 103 Å². The van der Waals surface area contributed by atoms with E-state index in [-0.39, 0.29) is 41.5 Å². The van der Waals surface area contributed by atoms with E-state index in [4.69, 9.17) is 4.74 Å². The van der Waals surface area contributed by atoms with E-state index in [2.05, 4.69) is 6.08 Å². The average Bonchev–Trinajstić information content (AvgIpc) is 3.34. The number of likely N-dealkylation sites (tertiary alicyclic amines) is 1. The van der Waals surface area contributed by atoms with Crippen molar-refractivity contribution in [3.05, 3.63) is 119 Å². The molecule has 1 aliphatic heterocycles. The van der Waals surface area contributed by atoms with Crippen LogP contribution in [0, 0.1) is 29.6 Å². The van der Waals surface area contributed by atoms with Crippen LogP contribution in [0.25, 0.3) is 11.6 Å². The van der Waals surface area contributed by atoms with E-state index in [0.717, 1.165) is 16.7 Å². The average molecular weight is 628 g/mol. The number of hydrogen-bond acceptors (Lipinski definition) is 6. The minimum atomic E-state index is -1.27. The number of phenols is 1. The summed E-state index contributed by atoms with van der Waals surface area (Å²) in [7, 11) is 1.48. The lowest BCUT2D eigenvalue weighted by Gasteiger charge is -2.54. The lowest BCUT2D eigenvalue weighted by atomic mass is 9.45. The van der Waals surface area contributed by atoms with Crippen molar-refractivity contribution in [2.24, 2.45) is 29.6 Å². The molecule has 7 rings (SSSR count). The van der Waals surface area contributed by atoms with Gasteiger partial charge in [0.15, 0.2) is 23.1 Å². The smallest absolute Gasteiger partial charge is 0.233 e. The highest BCUT2D eigenvalue weighted by atomic mass is 16.5. The number of aromatic hydroxyl groups is 1. The van der Waals surface area contributed by atoms with Crippen molar-refractivity contribution in [2.45, 2.75) is 31.6 Å². The molecule has 0 spiro atoms. The quantitative estimate of drug-likeness (QED) is 0.248. The van der Waals surface area contributed by atoms with Gasteiger partial charge in [0.25, 0.3) is 0 Å². The van der Waals surface area contributed by atoms with Crippen LogP contribution in [-0.2, 0) is 24.6 Å². The molecule has 0 radical (unpaired) electrons. The van der Waals surface area contributed by atoms with Crippen LogP contribution in [0.4, 0.5) is 0 Å². The monoisotopic (exact) mass is 627 g/mol. The number of imide groups is 1. The predicted molar refractivity (Wildman–Crippen MR) is 178 cm³/mol. The molecule has 1 N–H and O–H groups in total. The predicted octanol–water partition coefficient (Wildman–Crippen LogP) is 6.18. The second-order valence-corrected chi connectivity index (χ2v) is 13.0. The Labute approximate surface area is 274 Å². The van der Waals surface area contributed by atoms with E-state index >= 15 is 0 Å². The molecule has 3 aromatic carbocycles. The third-order valence-electron chi connectivity index (χ3n) is 10.7. The van der Waals surface area contributed by atoms with E-state index < -0.39 is 29.1 Å². The number of ether oxygens (including phenoxy) is 1. The Morgan fingerprint density at radius 3 is 2.36 bits per heavy atom. The van der Waals surface area contributed by atoms with E-state index in [1.165, 1.54) is 18.1 Å². The minimum absolute atomic E-state index is 0.0110. The molecule has 1 saturated carbocycles. The SMILES string of the molecule is CCCN1C(=O)[C@H]2[C@H](CC=C3[C@H]2C[C@H]2C(=O)C(c4ccccc4)=CC(=O)[C@@]2(c2ccccc2)[C@H]3C=Cc2ccc(O)c(OC)c2)C1=O. The molecule has 1 saturated heterocycles. The number of methoxy groups -OCH3 is 1. The fourth-order valence-corrected chi connectivity index (χ4v) is 8.64. The summed E-state index contributed by atoms with van der Waals surface area (Å²) in [5, 5.41) is 10.2. The molecule has 238 valence electrons. The van der Waals surface area contributed by atoms with Gasteiger partial charge in [0.05, 0.1) is 24.4 Å². The van der Waals surface area contributed by atoms with Crippen molar-refractivity contribution in [3.63, 3.8) is 0 Å². The summed E-state index contributed by atoms with van der Waals surface area (Å²) in [5.41, 5.74) is 2.20. The van der Waals surface area contributed by atoms with Gasteiger partial charge in [-0.2, -0.15) is 0 Å². The summed E-state index contributed by atoms with van der Waals surface area (Å²) >= 11 is 0. The maximum atomic E-state index is 14.9. The molecule has 0 unspecified atom stereocenters. The second-order valence-electron chi connectivity index (χ2n) is 13.0. The van der Waals surface area contributed by atoms with Crippen LogP contribution in [0.5, 0.6) is 11.5 Å². The van der Waals surface area contributed by atoms with Crippen molar-refractivity contribution >= 4 is 35.0 Å². The first-order chi connectivity index (χ1) is 22.8. The first-order valence-corrected chi connectivity index (χ1v) is 16.3. The number of benzene rings is 3. The molecular formula is C40H37NO6. The largest absolute Gasteiger partial charge is 0.504 e. The lowest BCUT2D eigenvalue weighted by molar-refractivity contribution is -0.140. The molecule has 6 atom stereocenters. The van der Waals surface area contributed by atoms with Gasteiger partial charge in [0.1, 0.15) is 0 Å². The summed E-state index contributed by atoms with van der Waals surface area (Å²) in [5.74, 6) is -3.08. The molecule has 4 aliphatic rings. The molecule has 2 fully saturated rings. The normalized spacial score (nSPS) is 28.5. The van der Waals surface area contributed by atoms with Crippen LogP contribution in [0.3, 0.4) is 0 Å². The molecule has 7 nitrogen and oxygen atoms in total. The topological polar surface area (TPSA) is 101 Å². The summed E-state index contributed by atoms with van der Waals surface area (Å²) in [6.45, 7) is 2.32. The van der Waals surface area contributed by atoms with E-state index in [9.17, 15) is 24.3 Å². The molecule has 0 bridgehead atoms. The lowest BCUT2D eigenvalue weighted by Crippen LogP contribution is -2.59. The molecular weight excluding hydrogens is 590 g/mol. The first-order valence-electron chi connectivity index (χ1n) is 16.3. The van der Waals surface area contributed by atoms with Crippen LogP contribution in [-0.4, -0.2) is 47.0 Å². The number of carbonyl (C=O) groups is 4. The maximum absolute atomic E-state index is 14.9. The molecule has 1 heterocycles. The second kappa shape index (κ2) is 12.0.